The lowest BCUT2D eigenvalue weighted by atomic mass is 10.1. The van der Waals surface area contributed by atoms with Gasteiger partial charge in [-0.2, -0.15) is 0 Å². The monoisotopic (exact) mass is 619 g/mol. The number of thioether (sulfide) groups is 1. The summed E-state index contributed by atoms with van der Waals surface area (Å²) in [5, 5.41) is 9.01. The molecule has 220 valence electrons. The molecule has 0 radical (unpaired) electrons. The number of aryl methyl sites for hydroxylation is 2. The fourth-order valence-electron chi connectivity index (χ4n) is 4.14. The van der Waals surface area contributed by atoms with Crippen molar-refractivity contribution in [2.24, 2.45) is 0 Å². The summed E-state index contributed by atoms with van der Waals surface area (Å²) in [7, 11) is 0. The predicted molar refractivity (Wildman–Crippen MR) is 178 cm³/mol. The smallest absolute Gasteiger partial charge is 0.272 e. The molecular weight excluding hydrogens is 591 g/mol. The van der Waals surface area contributed by atoms with Crippen LogP contribution in [0.1, 0.15) is 26.4 Å². The molecule has 3 amide bonds. The van der Waals surface area contributed by atoms with Crippen molar-refractivity contribution in [3.05, 3.63) is 131 Å². The average Bonchev–Trinajstić information content (AvgIpc) is 3.40. The highest BCUT2D eigenvalue weighted by Gasteiger charge is 2.16. The fraction of sp³-hybridized carbons (Fsp3) is 0.0882. The molecule has 0 aliphatic carbocycles. The van der Waals surface area contributed by atoms with Crippen LogP contribution in [0.15, 0.2) is 114 Å². The van der Waals surface area contributed by atoms with Crippen LogP contribution in [0.25, 0.3) is 17.3 Å². The van der Waals surface area contributed by atoms with Crippen LogP contribution >= 0.6 is 23.1 Å². The Kier molecular flexibility index (Phi) is 9.96. The third-order valence-electron chi connectivity index (χ3n) is 6.37. The number of anilines is 2. The van der Waals surface area contributed by atoms with Crippen molar-refractivity contribution in [2.75, 3.05) is 16.4 Å². The van der Waals surface area contributed by atoms with Gasteiger partial charge in [0.15, 0.2) is 5.13 Å². The first-order chi connectivity index (χ1) is 21.3. The number of amides is 3. The highest BCUT2D eigenvalue weighted by Crippen LogP contribution is 2.31. The summed E-state index contributed by atoms with van der Waals surface area (Å²) >= 11 is 2.82. The Morgan fingerprint density at radius 2 is 1.61 bits per heavy atom. The molecule has 0 atom stereocenters. The lowest BCUT2D eigenvalue weighted by Gasteiger charge is -2.12. The molecule has 0 saturated carbocycles. The summed E-state index contributed by atoms with van der Waals surface area (Å²) < 4.78 is 0. The molecule has 0 saturated heterocycles. The largest absolute Gasteiger partial charge is 0.321 e. The minimum atomic E-state index is -0.485. The maximum atomic E-state index is 13.2. The molecule has 2 heterocycles. The molecule has 2 aromatic heterocycles. The number of carbonyl (C=O) groups is 3. The molecule has 0 spiro atoms. The lowest BCUT2D eigenvalue weighted by Crippen LogP contribution is -2.30. The molecule has 3 aromatic carbocycles. The molecule has 0 bridgehead atoms. The number of benzene rings is 3. The third kappa shape index (κ3) is 8.27. The van der Waals surface area contributed by atoms with E-state index < -0.39 is 11.8 Å². The Bertz CT molecular complexity index is 1790. The maximum absolute atomic E-state index is 13.2. The summed E-state index contributed by atoms with van der Waals surface area (Å²) in [6.07, 6.45) is 4.80. The Hall–Kier alpha value is -5.06. The molecule has 44 heavy (non-hydrogen) atoms. The van der Waals surface area contributed by atoms with E-state index in [4.69, 9.17) is 0 Å². The molecule has 0 fully saturated rings. The second kappa shape index (κ2) is 14.4. The van der Waals surface area contributed by atoms with E-state index in [9.17, 15) is 14.4 Å². The Morgan fingerprint density at radius 3 is 2.32 bits per heavy atom. The zero-order chi connectivity index (χ0) is 30.9. The molecule has 10 heteroatoms. The van der Waals surface area contributed by atoms with Crippen LogP contribution in [-0.2, 0) is 9.59 Å². The number of carbonyl (C=O) groups excluding carboxylic acids is 3. The average molecular weight is 620 g/mol. The van der Waals surface area contributed by atoms with Crippen molar-refractivity contribution in [2.45, 2.75) is 18.7 Å². The summed E-state index contributed by atoms with van der Waals surface area (Å²) in [6.45, 7) is 4.03. The van der Waals surface area contributed by atoms with Crippen LogP contribution in [-0.4, -0.2) is 33.4 Å². The van der Waals surface area contributed by atoms with E-state index in [1.807, 2.05) is 56.3 Å². The number of hydrogen-bond acceptors (Lipinski definition) is 7. The lowest BCUT2D eigenvalue weighted by molar-refractivity contribution is -0.114. The molecule has 0 aliphatic heterocycles. The third-order valence-corrected chi connectivity index (χ3v) is 8.27. The first-order valence-electron chi connectivity index (χ1n) is 13.7. The summed E-state index contributed by atoms with van der Waals surface area (Å²) in [5.74, 6) is -0.842. The van der Waals surface area contributed by atoms with Crippen LogP contribution in [0.5, 0.6) is 0 Å². The van der Waals surface area contributed by atoms with E-state index in [1.165, 1.54) is 28.7 Å². The van der Waals surface area contributed by atoms with Crippen LogP contribution in [0.2, 0.25) is 0 Å². The Morgan fingerprint density at radius 1 is 0.864 bits per heavy atom. The summed E-state index contributed by atoms with van der Waals surface area (Å²) in [4.78, 5) is 49.2. The number of hydrogen-bond donors (Lipinski definition) is 3. The van der Waals surface area contributed by atoms with Gasteiger partial charge in [0, 0.05) is 39.0 Å². The minimum absolute atomic E-state index is 0.0740. The van der Waals surface area contributed by atoms with Crippen LogP contribution < -0.4 is 16.0 Å². The van der Waals surface area contributed by atoms with Gasteiger partial charge in [-0.1, -0.05) is 54.1 Å². The number of nitrogens with zero attached hydrogens (tertiary/aromatic N) is 2. The highest BCUT2D eigenvalue weighted by molar-refractivity contribution is 8.00. The van der Waals surface area contributed by atoms with E-state index >= 15 is 0 Å². The van der Waals surface area contributed by atoms with Crippen molar-refractivity contribution < 1.29 is 14.4 Å². The zero-order valence-corrected chi connectivity index (χ0v) is 25.7. The van der Waals surface area contributed by atoms with Gasteiger partial charge < -0.3 is 16.0 Å². The molecular formula is C34H29N5O3S2. The Balaban J connectivity index is 1.18. The van der Waals surface area contributed by atoms with Crippen molar-refractivity contribution in [1.29, 1.82) is 0 Å². The van der Waals surface area contributed by atoms with Gasteiger partial charge in [0.1, 0.15) is 5.70 Å². The van der Waals surface area contributed by atoms with Gasteiger partial charge in [-0.3, -0.25) is 19.4 Å². The second-order valence-electron chi connectivity index (χ2n) is 9.77. The van der Waals surface area contributed by atoms with Crippen molar-refractivity contribution >= 4 is 57.7 Å². The molecule has 0 unspecified atom stereocenters. The normalized spacial score (nSPS) is 11.1. The summed E-state index contributed by atoms with van der Waals surface area (Å²) in [6, 6.07) is 27.5. The molecule has 3 N–H and O–H groups in total. The standard InChI is InChI=1S/C34H29N5O3S2/c1-22-10-12-25(13-11-22)31-23(2)44-34(39-31)38-30(40)21-43-28-16-14-27(15-17-28)36-33(42)29(19-24-7-6-18-35-20-24)37-32(41)26-8-4-3-5-9-26/h3-20H,21H2,1-2H3,(H,36,42)(H,37,41)(H,38,39,40)/b29-19-. The van der Waals surface area contributed by atoms with Gasteiger partial charge in [-0.15, -0.1) is 23.1 Å². The molecule has 8 nitrogen and oxygen atoms in total. The zero-order valence-electron chi connectivity index (χ0n) is 24.0. The Labute approximate surface area is 263 Å². The van der Waals surface area contributed by atoms with Gasteiger partial charge in [0.2, 0.25) is 5.91 Å². The van der Waals surface area contributed by atoms with E-state index in [-0.39, 0.29) is 17.4 Å². The molecule has 5 rings (SSSR count). The number of pyridine rings is 1. The number of thiazole rings is 1. The topological polar surface area (TPSA) is 113 Å². The molecule has 5 aromatic rings. The van der Waals surface area contributed by atoms with Gasteiger partial charge in [-0.25, -0.2) is 4.98 Å². The predicted octanol–water partition coefficient (Wildman–Crippen LogP) is 6.96. The summed E-state index contributed by atoms with van der Waals surface area (Å²) in [5.41, 5.74) is 4.77. The molecule has 0 aliphatic rings. The first-order valence-corrected chi connectivity index (χ1v) is 15.5. The van der Waals surface area contributed by atoms with E-state index in [1.54, 1.807) is 67.0 Å². The number of nitrogens with one attached hydrogen (secondary N) is 3. The number of rotatable bonds is 10. The quantitative estimate of drug-likeness (QED) is 0.115. The maximum Gasteiger partial charge on any atom is 0.272 e. The number of aromatic nitrogens is 2. The fourth-order valence-corrected chi connectivity index (χ4v) is 5.69. The first kappa shape index (κ1) is 30.4. The highest BCUT2D eigenvalue weighted by atomic mass is 32.2. The van der Waals surface area contributed by atoms with Crippen molar-refractivity contribution in [1.82, 2.24) is 15.3 Å². The van der Waals surface area contributed by atoms with Gasteiger partial charge in [-0.05, 0) is 68.0 Å². The van der Waals surface area contributed by atoms with E-state index in [0.29, 0.717) is 21.9 Å². The van der Waals surface area contributed by atoms with E-state index in [0.717, 1.165) is 21.0 Å². The van der Waals surface area contributed by atoms with Gasteiger partial charge in [0.25, 0.3) is 11.8 Å². The van der Waals surface area contributed by atoms with Crippen molar-refractivity contribution in [3.63, 3.8) is 0 Å². The van der Waals surface area contributed by atoms with Gasteiger partial charge >= 0.3 is 0 Å². The van der Waals surface area contributed by atoms with Crippen LogP contribution in [0.3, 0.4) is 0 Å². The SMILES string of the molecule is Cc1ccc(-c2nc(NC(=O)CSc3ccc(NC(=O)/C(=C/c4cccnc4)NC(=O)c4ccccc4)cc3)sc2C)cc1. The second-order valence-corrected chi connectivity index (χ2v) is 12.0. The van der Waals surface area contributed by atoms with Crippen LogP contribution in [0, 0.1) is 13.8 Å². The van der Waals surface area contributed by atoms with Gasteiger partial charge in [0.05, 0.1) is 11.4 Å². The van der Waals surface area contributed by atoms with E-state index in [2.05, 4.69) is 25.9 Å². The van der Waals surface area contributed by atoms with Crippen LogP contribution in [0.4, 0.5) is 10.8 Å². The van der Waals surface area contributed by atoms with Crippen molar-refractivity contribution in [3.8, 4) is 11.3 Å². The minimum Gasteiger partial charge on any atom is -0.321 e.